The number of Topliss-reactive ketones (excluding diaryl/α,β-unsaturated/α-hetero) is 1. The molecule has 0 heterocycles. The van der Waals surface area contributed by atoms with E-state index >= 15 is 0 Å². The Morgan fingerprint density at radius 1 is 1.04 bits per heavy atom. The Balaban J connectivity index is 2.03. The maximum atomic E-state index is 12.9. The lowest BCUT2D eigenvalue weighted by molar-refractivity contribution is -0.150. The average Bonchev–Trinajstić information content (AvgIpc) is 2.94. The molecule has 0 spiro atoms. The van der Waals surface area contributed by atoms with Crippen LogP contribution in [-0.4, -0.2) is 18.4 Å². The molecule has 0 amide bonds. The van der Waals surface area contributed by atoms with Crippen LogP contribution in [0.2, 0.25) is 0 Å². The van der Waals surface area contributed by atoms with Crippen molar-refractivity contribution in [1.29, 1.82) is 0 Å². The van der Waals surface area contributed by atoms with E-state index in [9.17, 15) is 9.59 Å². The van der Waals surface area contributed by atoms with Gasteiger partial charge in [-0.15, -0.1) is 0 Å². The van der Waals surface area contributed by atoms with E-state index in [4.69, 9.17) is 4.74 Å². The summed E-state index contributed by atoms with van der Waals surface area (Å²) in [6.07, 6.45) is 1.91. The Morgan fingerprint density at radius 2 is 1.71 bits per heavy atom. The Morgan fingerprint density at radius 3 is 2.33 bits per heavy atom. The molecular weight excluding hydrogens is 300 g/mol. The topological polar surface area (TPSA) is 43.4 Å². The van der Waals surface area contributed by atoms with Crippen molar-refractivity contribution < 1.29 is 14.3 Å². The van der Waals surface area contributed by atoms with E-state index in [0.29, 0.717) is 5.57 Å². The minimum Gasteiger partial charge on any atom is -0.465 e. The second-order valence-electron chi connectivity index (χ2n) is 5.98. The highest BCUT2D eigenvalue weighted by Gasteiger charge is 2.42. The summed E-state index contributed by atoms with van der Waals surface area (Å²) in [4.78, 5) is 25.3. The summed E-state index contributed by atoms with van der Waals surface area (Å²) in [5.74, 6) is -1.70. The zero-order valence-electron chi connectivity index (χ0n) is 13.9. The summed E-state index contributed by atoms with van der Waals surface area (Å²) >= 11 is 0. The highest BCUT2D eigenvalue weighted by atomic mass is 16.5. The molecule has 122 valence electrons. The number of ketones is 1. The number of hydrogen-bond donors (Lipinski definition) is 0. The molecule has 0 radical (unpaired) electrons. The highest BCUT2D eigenvalue weighted by Crippen LogP contribution is 2.40. The predicted octanol–water partition coefficient (Wildman–Crippen LogP) is 3.92. The third-order valence-corrected chi connectivity index (χ3v) is 4.34. The maximum Gasteiger partial charge on any atom is 0.317 e. The van der Waals surface area contributed by atoms with Crippen molar-refractivity contribution in [2.75, 3.05) is 6.61 Å². The number of rotatable bonds is 4. The third kappa shape index (κ3) is 3.02. The molecule has 1 aliphatic carbocycles. The first kappa shape index (κ1) is 16.2. The van der Waals surface area contributed by atoms with Crippen molar-refractivity contribution in [1.82, 2.24) is 0 Å². The van der Waals surface area contributed by atoms with Crippen LogP contribution in [0.1, 0.15) is 29.5 Å². The molecule has 3 nitrogen and oxygen atoms in total. The summed E-state index contributed by atoms with van der Waals surface area (Å²) in [6.45, 7) is 4.03. The van der Waals surface area contributed by atoms with Gasteiger partial charge in [0.2, 0.25) is 0 Å². The van der Waals surface area contributed by atoms with Crippen molar-refractivity contribution in [3.8, 4) is 0 Å². The SMILES string of the molecule is CCOC(=O)C1C(=O)C(c2ccccc2)=CC1c1ccc(C)cc1. The molecule has 3 heteroatoms. The molecule has 2 atom stereocenters. The number of allylic oxidation sites excluding steroid dienone is 2. The maximum absolute atomic E-state index is 12.9. The van der Waals surface area contributed by atoms with Gasteiger partial charge in [0, 0.05) is 11.5 Å². The first-order valence-corrected chi connectivity index (χ1v) is 8.16. The van der Waals surface area contributed by atoms with Gasteiger partial charge in [-0.25, -0.2) is 0 Å². The van der Waals surface area contributed by atoms with Gasteiger partial charge < -0.3 is 4.74 Å². The third-order valence-electron chi connectivity index (χ3n) is 4.34. The van der Waals surface area contributed by atoms with Crippen molar-refractivity contribution in [3.05, 3.63) is 77.4 Å². The lowest BCUT2D eigenvalue weighted by atomic mass is 9.87. The summed E-state index contributed by atoms with van der Waals surface area (Å²) < 4.78 is 5.16. The summed E-state index contributed by atoms with van der Waals surface area (Å²) in [6, 6.07) is 17.4. The molecule has 0 fully saturated rings. The minimum absolute atomic E-state index is 0.162. The van der Waals surface area contributed by atoms with Crippen LogP contribution in [0.5, 0.6) is 0 Å². The second kappa shape index (κ2) is 6.83. The van der Waals surface area contributed by atoms with Gasteiger partial charge in [-0.2, -0.15) is 0 Å². The molecule has 0 saturated carbocycles. The van der Waals surface area contributed by atoms with Gasteiger partial charge in [-0.1, -0.05) is 66.2 Å². The van der Waals surface area contributed by atoms with E-state index in [-0.39, 0.29) is 18.3 Å². The van der Waals surface area contributed by atoms with Gasteiger partial charge in [0.15, 0.2) is 5.78 Å². The zero-order chi connectivity index (χ0) is 17.1. The van der Waals surface area contributed by atoms with Crippen molar-refractivity contribution in [2.24, 2.45) is 5.92 Å². The van der Waals surface area contributed by atoms with E-state index in [0.717, 1.165) is 16.7 Å². The van der Waals surface area contributed by atoms with E-state index in [1.807, 2.05) is 67.6 Å². The van der Waals surface area contributed by atoms with Crippen LogP contribution in [0, 0.1) is 12.8 Å². The molecule has 0 saturated heterocycles. The standard InChI is InChI=1S/C21H20O3/c1-3-24-21(23)19-17(16-11-9-14(2)10-12-16)13-18(20(19)22)15-7-5-4-6-8-15/h4-13,17,19H,3H2,1-2H3. The largest absolute Gasteiger partial charge is 0.465 e. The normalized spacial score (nSPS) is 19.9. The number of ether oxygens (including phenoxy) is 1. The molecule has 2 aromatic carbocycles. The average molecular weight is 320 g/mol. The van der Waals surface area contributed by atoms with E-state index in [1.54, 1.807) is 6.92 Å². The molecular formula is C21H20O3. The number of hydrogen-bond acceptors (Lipinski definition) is 3. The monoisotopic (exact) mass is 320 g/mol. The quantitative estimate of drug-likeness (QED) is 0.633. The van der Waals surface area contributed by atoms with Crippen LogP contribution in [0.4, 0.5) is 0 Å². The van der Waals surface area contributed by atoms with E-state index < -0.39 is 11.9 Å². The predicted molar refractivity (Wildman–Crippen MR) is 93.5 cm³/mol. The van der Waals surface area contributed by atoms with E-state index in [2.05, 4.69) is 0 Å². The lowest BCUT2D eigenvalue weighted by Crippen LogP contribution is -2.27. The van der Waals surface area contributed by atoms with Crippen molar-refractivity contribution >= 4 is 17.3 Å². The van der Waals surface area contributed by atoms with Crippen LogP contribution in [0.3, 0.4) is 0 Å². The van der Waals surface area contributed by atoms with Crippen LogP contribution in [0.15, 0.2) is 60.7 Å². The minimum atomic E-state index is -0.803. The molecule has 2 unspecified atom stereocenters. The number of carbonyl (C=O) groups excluding carboxylic acids is 2. The van der Waals surface area contributed by atoms with Gasteiger partial charge in [-0.3, -0.25) is 9.59 Å². The number of aryl methyl sites for hydroxylation is 1. The second-order valence-corrected chi connectivity index (χ2v) is 5.98. The number of carbonyl (C=O) groups is 2. The molecule has 0 aliphatic heterocycles. The van der Waals surface area contributed by atoms with Gasteiger partial charge in [0.1, 0.15) is 5.92 Å². The van der Waals surface area contributed by atoms with Crippen LogP contribution < -0.4 is 0 Å². The Bertz CT molecular complexity index is 772. The molecule has 1 aliphatic rings. The summed E-state index contributed by atoms with van der Waals surface area (Å²) in [5, 5.41) is 0. The Kier molecular flexibility index (Phi) is 4.61. The highest BCUT2D eigenvalue weighted by molar-refractivity contribution is 6.29. The van der Waals surface area contributed by atoms with Crippen molar-refractivity contribution in [2.45, 2.75) is 19.8 Å². The fourth-order valence-electron chi connectivity index (χ4n) is 3.11. The Hall–Kier alpha value is -2.68. The molecule has 3 rings (SSSR count). The first-order valence-electron chi connectivity index (χ1n) is 8.16. The summed E-state index contributed by atoms with van der Waals surface area (Å²) in [5.41, 5.74) is 3.53. The molecule has 24 heavy (non-hydrogen) atoms. The molecule has 2 aromatic rings. The van der Waals surface area contributed by atoms with Gasteiger partial charge in [-0.05, 0) is 25.0 Å². The lowest BCUT2D eigenvalue weighted by Gasteiger charge is -2.17. The zero-order valence-corrected chi connectivity index (χ0v) is 13.9. The first-order chi connectivity index (χ1) is 11.6. The van der Waals surface area contributed by atoms with Gasteiger partial charge in [0.05, 0.1) is 6.61 Å². The van der Waals surface area contributed by atoms with E-state index in [1.165, 1.54) is 0 Å². The van der Waals surface area contributed by atoms with Crippen LogP contribution >= 0.6 is 0 Å². The number of benzene rings is 2. The number of esters is 1. The Labute approximate surface area is 142 Å². The molecule has 0 N–H and O–H groups in total. The van der Waals surface area contributed by atoms with Crippen molar-refractivity contribution in [3.63, 3.8) is 0 Å². The molecule has 0 aromatic heterocycles. The van der Waals surface area contributed by atoms with Gasteiger partial charge in [0.25, 0.3) is 0 Å². The van der Waals surface area contributed by atoms with Crippen LogP contribution in [-0.2, 0) is 14.3 Å². The smallest absolute Gasteiger partial charge is 0.317 e. The fraction of sp³-hybridized carbons (Fsp3) is 0.238. The molecule has 0 bridgehead atoms. The fourth-order valence-corrected chi connectivity index (χ4v) is 3.11. The summed E-state index contributed by atoms with van der Waals surface area (Å²) in [7, 11) is 0. The van der Waals surface area contributed by atoms with Crippen LogP contribution in [0.25, 0.3) is 5.57 Å². The van der Waals surface area contributed by atoms with Gasteiger partial charge >= 0.3 is 5.97 Å².